The number of methoxy groups -OCH3 is 1. The number of benzene rings is 2. The third-order valence-electron chi connectivity index (χ3n) is 2.82. The molecule has 7 heteroatoms. The highest BCUT2D eigenvalue weighted by atomic mass is 127. The largest absolute Gasteiger partial charge is 0.504 e. The lowest BCUT2D eigenvalue weighted by Crippen LogP contribution is -2.17. The molecule has 0 saturated carbocycles. The van der Waals surface area contributed by atoms with Gasteiger partial charge in [-0.15, -0.1) is 0 Å². The molecule has 2 aromatic carbocycles. The number of rotatable bonds is 4. The Morgan fingerprint density at radius 3 is 2.68 bits per heavy atom. The summed E-state index contributed by atoms with van der Waals surface area (Å²) in [5.41, 5.74) is 9.73. The van der Waals surface area contributed by atoms with Crippen molar-refractivity contribution in [3.05, 3.63) is 51.1 Å². The standard InChI is InChI=1S/C15H14IN3O3/c1-22-13-7-9(6-12(16)14(13)20)8-18-19-15(21)10-2-4-11(17)5-3-10/h2-8,20H,17H2,1H3,(H,19,21)/b18-8+. The molecule has 6 nitrogen and oxygen atoms in total. The van der Waals surface area contributed by atoms with Crippen molar-refractivity contribution in [3.8, 4) is 11.5 Å². The molecule has 0 atom stereocenters. The van der Waals surface area contributed by atoms with Crippen LogP contribution in [0.5, 0.6) is 11.5 Å². The molecule has 0 heterocycles. The molecule has 22 heavy (non-hydrogen) atoms. The first-order chi connectivity index (χ1) is 10.5. The quantitative estimate of drug-likeness (QED) is 0.312. The van der Waals surface area contributed by atoms with Gasteiger partial charge in [0, 0.05) is 11.3 Å². The van der Waals surface area contributed by atoms with Crippen LogP contribution in [0.2, 0.25) is 0 Å². The highest BCUT2D eigenvalue weighted by molar-refractivity contribution is 14.1. The third kappa shape index (κ3) is 3.88. The predicted octanol–water partition coefficient (Wildman–Crippen LogP) is 2.35. The number of amides is 1. The number of nitrogens with one attached hydrogen (secondary N) is 1. The fourth-order valence-electron chi connectivity index (χ4n) is 1.69. The van der Waals surface area contributed by atoms with E-state index in [1.807, 2.05) is 22.6 Å². The zero-order chi connectivity index (χ0) is 16.1. The molecule has 4 N–H and O–H groups in total. The van der Waals surface area contributed by atoms with E-state index in [1.54, 1.807) is 36.4 Å². The van der Waals surface area contributed by atoms with Crippen LogP contribution >= 0.6 is 22.6 Å². The van der Waals surface area contributed by atoms with Crippen molar-refractivity contribution in [2.24, 2.45) is 5.10 Å². The van der Waals surface area contributed by atoms with Crippen molar-refractivity contribution in [2.45, 2.75) is 0 Å². The minimum Gasteiger partial charge on any atom is -0.504 e. The number of phenolic OH excluding ortho intramolecular Hbond substituents is 1. The Bertz CT molecular complexity index is 715. The molecule has 1 amide bonds. The molecule has 2 aromatic rings. The van der Waals surface area contributed by atoms with E-state index in [-0.39, 0.29) is 11.7 Å². The first-order valence-corrected chi connectivity index (χ1v) is 7.34. The molecule has 0 aromatic heterocycles. The number of anilines is 1. The van der Waals surface area contributed by atoms with E-state index in [4.69, 9.17) is 10.5 Å². The third-order valence-corrected chi connectivity index (χ3v) is 3.65. The maximum atomic E-state index is 11.9. The Hall–Kier alpha value is -2.29. The molecule has 0 unspecified atom stereocenters. The first-order valence-electron chi connectivity index (χ1n) is 6.26. The number of ether oxygens (including phenoxy) is 1. The Morgan fingerprint density at radius 2 is 2.05 bits per heavy atom. The van der Waals surface area contributed by atoms with Crippen molar-refractivity contribution >= 4 is 40.4 Å². The molecule has 0 aliphatic carbocycles. The van der Waals surface area contributed by atoms with E-state index in [1.165, 1.54) is 13.3 Å². The lowest BCUT2D eigenvalue weighted by molar-refractivity contribution is 0.0955. The van der Waals surface area contributed by atoms with Crippen LogP contribution in [0.25, 0.3) is 0 Å². The number of aromatic hydroxyl groups is 1. The molecule has 114 valence electrons. The summed E-state index contributed by atoms with van der Waals surface area (Å²) in [6.45, 7) is 0. The molecular formula is C15H14IN3O3. The van der Waals surface area contributed by atoms with E-state index in [2.05, 4.69) is 10.5 Å². The molecule has 0 fully saturated rings. The first kappa shape index (κ1) is 16.1. The maximum absolute atomic E-state index is 11.9. The average molecular weight is 411 g/mol. The highest BCUT2D eigenvalue weighted by Crippen LogP contribution is 2.31. The fraction of sp³-hybridized carbons (Fsp3) is 0.0667. The normalized spacial score (nSPS) is 10.6. The molecule has 2 rings (SSSR count). The number of phenols is 1. The van der Waals surface area contributed by atoms with E-state index in [0.29, 0.717) is 26.1 Å². The zero-order valence-corrected chi connectivity index (χ0v) is 13.9. The minimum absolute atomic E-state index is 0.0751. The van der Waals surface area contributed by atoms with Gasteiger partial charge in [-0.2, -0.15) is 5.10 Å². The van der Waals surface area contributed by atoms with Crippen LogP contribution in [-0.2, 0) is 0 Å². The number of carbonyl (C=O) groups is 1. The van der Waals surface area contributed by atoms with Gasteiger partial charge in [-0.25, -0.2) is 5.43 Å². The van der Waals surface area contributed by atoms with E-state index >= 15 is 0 Å². The number of hydrazone groups is 1. The van der Waals surface area contributed by atoms with Crippen molar-refractivity contribution in [1.82, 2.24) is 5.43 Å². The van der Waals surface area contributed by atoms with Crippen LogP contribution in [0.15, 0.2) is 41.5 Å². The monoisotopic (exact) mass is 411 g/mol. The summed E-state index contributed by atoms with van der Waals surface area (Å²) >= 11 is 1.99. The molecule has 0 spiro atoms. The molecule has 0 saturated heterocycles. The fourth-order valence-corrected chi connectivity index (χ4v) is 2.31. The number of hydrogen-bond acceptors (Lipinski definition) is 5. The van der Waals surface area contributed by atoms with Gasteiger partial charge in [-0.3, -0.25) is 4.79 Å². The van der Waals surface area contributed by atoms with Gasteiger partial charge < -0.3 is 15.6 Å². The van der Waals surface area contributed by atoms with Crippen LogP contribution in [0.1, 0.15) is 15.9 Å². The molecule has 0 radical (unpaired) electrons. The summed E-state index contributed by atoms with van der Waals surface area (Å²) in [5, 5.41) is 13.6. The second-order valence-corrected chi connectivity index (χ2v) is 5.54. The summed E-state index contributed by atoms with van der Waals surface area (Å²) in [7, 11) is 1.47. The summed E-state index contributed by atoms with van der Waals surface area (Å²) < 4.78 is 5.69. The SMILES string of the molecule is COc1cc(/C=N/NC(=O)c2ccc(N)cc2)cc(I)c1O. The summed E-state index contributed by atoms with van der Waals surface area (Å²) in [4.78, 5) is 11.9. The Balaban J connectivity index is 2.08. The van der Waals surface area contributed by atoms with E-state index < -0.39 is 0 Å². The average Bonchev–Trinajstić information content (AvgIpc) is 2.51. The number of carbonyl (C=O) groups excluding carboxylic acids is 1. The summed E-state index contributed by atoms with van der Waals surface area (Å²) in [6.07, 6.45) is 1.47. The lowest BCUT2D eigenvalue weighted by atomic mass is 10.2. The van der Waals surface area contributed by atoms with Crippen LogP contribution in [0.4, 0.5) is 5.69 Å². The Kier molecular flexibility index (Phi) is 5.21. The lowest BCUT2D eigenvalue weighted by Gasteiger charge is -2.06. The molecule has 0 aliphatic heterocycles. The number of nitrogen functional groups attached to an aromatic ring is 1. The maximum Gasteiger partial charge on any atom is 0.271 e. The van der Waals surface area contributed by atoms with Gasteiger partial charge in [0.15, 0.2) is 11.5 Å². The topological polar surface area (TPSA) is 96.9 Å². The van der Waals surface area contributed by atoms with Gasteiger partial charge >= 0.3 is 0 Å². The van der Waals surface area contributed by atoms with E-state index in [0.717, 1.165) is 0 Å². The van der Waals surface area contributed by atoms with Gasteiger partial charge in [-0.1, -0.05) is 0 Å². The number of nitrogens with zero attached hydrogens (tertiary/aromatic N) is 1. The Morgan fingerprint density at radius 1 is 1.36 bits per heavy atom. The van der Waals surface area contributed by atoms with Crippen LogP contribution in [-0.4, -0.2) is 24.3 Å². The highest BCUT2D eigenvalue weighted by Gasteiger charge is 2.07. The van der Waals surface area contributed by atoms with Crippen LogP contribution in [0, 0.1) is 3.57 Å². The van der Waals surface area contributed by atoms with Gasteiger partial charge in [0.05, 0.1) is 16.9 Å². The van der Waals surface area contributed by atoms with Crippen molar-refractivity contribution < 1.29 is 14.6 Å². The van der Waals surface area contributed by atoms with Crippen molar-refractivity contribution in [2.75, 3.05) is 12.8 Å². The summed E-state index contributed by atoms with van der Waals surface area (Å²) in [5.74, 6) is 0.0843. The summed E-state index contributed by atoms with van der Waals surface area (Å²) in [6, 6.07) is 9.87. The van der Waals surface area contributed by atoms with Gasteiger partial charge in [0.2, 0.25) is 0 Å². The van der Waals surface area contributed by atoms with Crippen LogP contribution < -0.4 is 15.9 Å². The number of hydrogen-bond donors (Lipinski definition) is 3. The van der Waals surface area contributed by atoms with Gasteiger partial charge in [0.1, 0.15) is 0 Å². The van der Waals surface area contributed by atoms with Crippen LogP contribution in [0.3, 0.4) is 0 Å². The zero-order valence-electron chi connectivity index (χ0n) is 11.7. The van der Waals surface area contributed by atoms with E-state index in [9.17, 15) is 9.90 Å². The smallest absolute Gasteiger partial charge is 0.271 e. The number of halogens is 1. The second kappa shape index (κ2) is 7.12. The van der Waals surface area contributed by atoms with Gasteiger partial charge in [0.25, 0.3) is 5.91 Å². The van der Waals surface area contributed by atoms with Crippen molar-refractivity contribution in [3.63, 3.8) is 0 Å². The van der Waals surface area contributed by atoms with Crippen molar-refractivity contribution in [1.29, 1.82) is 0 Å². The predicted molar refractivity (Wildman–Crippen MR) is 93.3 cm³/mol. The molecule has 0 aliphatic rings. The van der Waals surface area contributed by atoms with Gasteiger partial charge in [-0.05, 0) is 64.6 Å². The molecule has 0 bridgehead atoms. The molecular weight excluding hydrogens is 397 g/mol. The minimum atomic E-state index is -0.336. The Labute approximate surface area is 141 Å². The number of nitrogens with two attached hydrogens (primary N) is 1. The second-order valence-electron chi connectivity index (χ2n) is 4.37.